The van der Waals surface area contributed by atoms with Crippen LogP contribution in [0, 0.1) is 0 Å². The van der Waals surface area contributed by atoms with Crippen LogP contribution in [-0.2, 0) is 5.11 Å². The van der Waals surface area contributed by atoms with E-state index in [1.165, 1.54) is 17.2 Å². The zero-order valence-corrected chi connectivity index (χ0v) is 6.08. The normalized spacial score (nSPS) is 10.0. The number of benzene rings is 1. The first-order valence-corrected chi connectivity index (χ1v) is 3.37. The van der Waals surface area contributed by atoms with E-state index in [2.05, 4.69) is 15.4 Å². The standard InChI is InChI=1S/C7H5N4O/c12-7-4-2-1-3-6(7)11-9-5-8-10-11/h1-5H. The Morgan fingerprint density at radius 3 is 2.75 bits per heavy atom. The maximum atomic E-state index is 11.2. The van der Waals surface area contributed by atoms with Crippen LogP contribution in [0.4, 0.5) is 0 Å². The summed E-state index contributed by atoms with van der Waals surface area (Å²) >= 11 is 0. The minimum absolute atomic E-state index is 0.115. The number of rotatable bonds is 1. The van der Waals surface area contributed by atoms with E-state index in [9.17, 15) is 5.11 Å². The molecular formula is C7H5N4O. The fourth-order valence-electron chi connectivity index (χ4n) is 0.900. The van der Waals surface area contributed by atoms with Crippen molar-refractivity contribution < 1.29 is 5.11 Å². The monoisotopic (exact) mass is 161 g/mol. The van der Waals surface area contributed by atoms with Crippen molar-refractivity contribution in [1.29, 1.82) is 0 Å². The molecule has 1 aromatic carbocycles. The van der Waals surface area contributed by atoms with E-state index in [-0.39, 0.29) is 5.75 Å². The smallest absolute Gasteiger partial charge is 0.206 e. The van der Waals surface area contributed by atoms with Gasteiger partial charge in [0.1, 0.15) is 5.69 Å². The SMILES string of the molecule is [O]c1ccccc1-n1ncnn1. The summed E-state index contributed by atoms with van der Waals surface area (Å²) in [6.45, 7) is 0. The van der Waals surface area contributed by atoms with Crippen LogP contribution in [0.1, 0.15) is 0 Å². The largest absolute Gasteiger partial charge is 0.287 e. The summed E-state index contributed by atoms with van der Waals surface area (Å²) in [7, 11) is 0. The Hall–Kier alpha value is -1.91. The zero-order chi connectivity index (χ0) is 8.39. The summed E-state index contributed by atoms with van der Waals surface area (Å²) in [5, 5.41) is 22.0. The van der Waals surface area contributed by atoms with E-state index in [0.717, 1.165) is 0 Å². The Kier molecular flexibility index (Phi) is 1.48. The quantitative estimate of drug-likeness (QED) is 0.621. The molecule has 0 bridgehead atoms. The molecule has 2 aromatic rings. The number of para-hydroxylation sites is 2. The number of hydrogen-bond donors (Lipinski definition) is 0. The molecule has 0 N–H and O–H groups in total. The maximum absolute atomic E-state index is 11.2. The molecule has 0 unspecified atom stereocenters. The van der Waals surface area contributed by atoms with Gasteiger partial charge in [-0.25, -0.2) is 0 Å². The average Bonchev–Trinajstić information content (AvgIpc) is 2.57. The number of nitrogens with zero attached hydrogens (tertiary/aromatic N) is 4. The first-order chi connectivity index (χ1) is 5.88. The highest BCUT2D eigenvalue weighted by Gasteiger charge is 2.04. The number of hydrogen-bond acceptors (Lipinski definition) is 3. The van der Waals surface area contributed by atoms with Gasteiger partial charge in [-0.05, 0) is 17.3 Å². The molecule has 5 nitrogen and oxygen atoms in total. The van der Waals surface area contributed by atoms with E-state index in [1.54, 1.807) is 18.2 Å². The van der Waals surface area contributed by atoms with Gasteiger partial charge in [0.05, 0.1) is 0 Å². The molecule has 0 saturated carbocycles. The van der Waals surface area contributed by atoms with Crippen molar-refractivity contribution >= 4 is 0 Å². The third kappa shape index (κ3) is 1.01. The van der Waals surface area contributed by atoms with E-state index in [1.807, 2.05) is 0 Å². The lowest BCUT2D eigenvalue weighted by Crippen LogP contribution is -1.98. The number of tetrazole rings is 1. The topological polar surface area (TPSA) is 63.5 Å². The summed E-state index contributed by atoms with van der Waals surface area (Å²) in [4.78, 5) is 1.20. The molecule has 1 aromatic heterocycles. The first kappa shape index (κ1) is 6.78. The predicted molar refractivity (Wildman–Crippen MR) is 39.3 cm³/mol. The summed E-state index contributed by atoms with van der Waals surface area (Å²) in [5.41, 5.74) is 0.412. The highest BCUT2D eigenvalue weighted by Crippen LogP contribution is 2.18. The Labute approximate surface area is 68.3 Å². The maximum Gasteiger partial charge on any atom is 0.206 e. The molecule has 59 valence electrons. The van der Waals surface area contributed by atoms with Gasteiger partial charge in [0.2, 0.25) is 5.75 Å². The van der Waals surface area contributed by atoms with Crippen molar-refractivity contribution in [2.24, 2.45) is 0 Å². The van der Waals surface area contributed by atoms with Gasteiger partial charge >= 0.3 is 0 Å². The van der Waals surface area contributed by atoms with Gasteiger partial charge < -0.3 is 0 Å². The molecule has 0 aliphatic carbocycles. The van der Waals surface area contributed by atoms with Crippen molar-refractivity contribution in [3.63, 3.8) is 0 Å². The summed E-state index contributed by atoms with van der Waals surface area (Å²) < 4.78 is 0. The third-order valence-electron chi connectivity index (χ3n) is 1.43. The molecule has 0 atom stereocenters. The van der Waals surface area contributed by atoms with Crippen molar-refractivity contribution in [3.05, 3.63) is 30.6 Å². The number of aromatic nitrogens is 4. The third-order valence-corrected chi connectivity index (χ3v) is 1.43. The molecule has 0 saturated heterocycles. The minimum Gasteiger partial charge on any atom is -0.287 e. The molecule has 0 spiro atoms. The van der Waals surface area contributed by atoms with Gasteiger partial charge in [0.15, 0.2) is 6.33 Å². The molecule has 12 heavy (non-hydrogen) atoms. The Morgan fingerprint density at radius 1 is 1.25 bits per heavy atom. The minimum atomic E-state index is -0.115. The lowest BCUT2D eigenvalue weighted by Gasteiger charge is -1.96. The van der Waals surface area contributed by atoms with Crippen LogP contribution in [0.2, 0.25) is 0 Å². The van der Waals surface area contributed by atoms with Gasteiger partial charge in [0.25, 0.3) is 0 Å². The van der Waals surface area contributed by atoms with Crippen molar-refractivity contribution in [3.8, 4) is 11.4 Å². The Balaban J connectivity index is 2.55. The van der Waals surface area contributed by atoms with Gasteiger partial charge in [-0.2, -0.15) is 0 Å². The average molecular weight is 161 g/mol. The molecule has 1 radical (unpaired) electrons. The molecule has 0 aliphatic heterocycles. The van der Waals surface area contributed by atoms with E-state index in [0.29, 0.717) is 5.69 Å². The van der Waals surface area contributed by atoms with Crippen LogP contribution in [0.15, 0.2) is 30.6 Å². The van der Waals surface area contributed by atoms with Gasteiger partial charge in [0, 0.05) is 0 Å². The Morgan fingerprint density at radius 2 is 2.08 bits per heavy atom. The molecule has 2 rings (SSSR count). The molecule has 5 heteroatoms. The molecular weight excluding hydrogens is 156 g/mol. The fourth-order valence-corrected chi connectivity index (χ4v) is 0.900. The molecule has 0 amide bonds. The molecule has 0 fully saturated rings. The summed E-state index contributed by atoms with van der Waals surface area (Å²) in [6.07, 6.45) is 1.28. The summed E-state index contributed by atoms with van der Waals surface area (Å²) in [6, 6.07) is 6.52. The van der Waals surface area contributed by atoms with Crippen LogP contribution < -0.4 is 0 Å². The van der Waals surface area contributed by atoms with Gasteiger partial charge in [-0.3, -0.25) is 5.11 Å². The second kappa shape index (κ2) is 2.61. The van der Waals surface area contributed by atoms with Crippen LogP contribution in [-0.4, -0.2) is 20.2 Å². The second-order valence-corrected chi connectivity index (χ2v) is 2.19. The van der Waals surface area contributed by atoms with Crippen molar-refractivity contribution in [2.45, 2.75) is 0 Å². The van der Waals surface area contributed by atoms with E-state index >= 15 is 0 Å². The Bertz CT molecular complexity index is 371. The fraction of sp³-hybridized carbons (Fsp3) is 0. The predicted octanol–water partition coefficient (Wildman–Crippen LogP) is 0.806. The lowest BCUT2D eigenvalue weighted by atomic mass is 10.3. The highest BCUT2D eigenvalue weighted by atomic mass is 16.3. The van der Waals surface area contributed by atoms with Crippen LogP contribution in [0.5, 0.6) is 5.75 Å². The van der Waals surface area contributed by atoms with E-state index < -0.39 is 0 Å². The lowest BCUT2D eigenvalue weighted by molar-refractivity contribution is 0.350. The van der Waals surface area contributed by atoms with Crippen molar-refractivity contribution in [1.82, 2.24) is 20.2 Å². The van der Waals surface area contributed by atoms with Gasteiger partial charge in [-0.15, -0.1) is 15.0 Å². The van der Waals surface area contributed by atoms with E-state index in [4.69, 9.17) is 0 Å². The molecule has 0 aliphatic rings. The van der Waals surface area contributed by atoms with Crippen LogP contribution >= 0.6 is 0 Å². The zero-order valence-electron chi connectivity index (χ0n) is 6.08. The second-order valence-electron chi connectivity index (χ2n) is 2.19. The van der Waals surface area contributed by atoms with Crippen molar-refractivity contribution in [2.75, 3.05) is 0 Å². The summed E-state index contributed by atoms with van der Waals surface area (Å²) in [5.74, 6) is -0.115. The van der Waals surface area contributed by atoms with Crippen LogP contribution in [0.3, 0.4) is 0 Å². The van der Waals surface area contributed by atoms with Gasteiger partial charge in [-0.1, -0.05) is 12.1 Å². The molecule has 1 heterocycles. The highest BCUT2D eigenvalue weighted by molar-refractivity contribution is 5.43. The van der Waals surface area contributed by atoms with Crippen LogP contribution in [0.25, 0.3) is 5.69 Å². The first-order valence-electron chi connectivity index (χ1n) is 3.37.